The van der Waals surface area contributed by atoms with Gasteiger partial charge in [-0.25, -0.2) is 9.59 Å². The third kappa shape index (κ3) is 9.28. The van der Waals surface area contributed by atoms with Crippen LogP contribution in [0.5, 0.6) is 0 Å². The molecule has 0 saturated heterocycles. The second kappa shape index (κ2) is 14.9. The topological polar surface area (TPSA) is 146 Å². The molecular formula is C26H30N2O9. The van der Waals surface area contributed by atoms with E-state index in [2.05, 4.69) is 15.4 Å². The minimum absolute atomic E-state index is 0.0271. The molecule has 2 aromatic carbocycles. The summed E-state index contributed by atoms with van der Waals surface area (Å²) >= 11 is 0. The molecule has 2 aromatic rings. The standard InChI is InChI=1S/C26H30N2O9/c1-34-21(29)15-19(24(31)35-2)22(25(32)36-3)28-23(30)20(14-17-10-6-4-7-11-17)27-26(33)37-16-18-12-8-5-9-13-18/h4-13,19-20,22H,14-16H2,1-3H3,(H,27,33)(H,28,30)/t19-,20-,22+/m0/s1. The number of carbonyl (C=O) groups excluding carboxylic acids is 5. The zero-order chi connectivity index (χ0) is 27.2. The monoisotopic (exact) mass is 514 g/mol. The fraction of sp³-hybridized carbons (Fsp3) is 0.346. The van der Waals surface area contributed by atoms with E-state index in [9.17, 15) is 24.0 Å². The minimum atomic E-state index is -1.59. The smallest absolute Gasteiger partial charge is 0.408 e. The van der Waals surface area contributed by atoms with Gasteiger partial charge in [0.15, 0.2) is 0 Å². The van der Waals surface area contributed by atoms with E-state index in [1.54, 1.807) is 54.6 Å². The highest BCUT2D eigenvalue weighted by atomic mass is 16.6. The first kappa shape index (κ1) is 28.8. The number of esters is 3. The maximum Gasteiger partial charge on any atom is 0.408 e. The van der Waals surface area contributed by atoms with E-state index in [0.717, 1.165) is 26.9 Å². The molecule has 0 bridgehead atoms. The fourth-order valence-electron chi connectivity index (χ4n) is 3.42. The zero-order valence-electron chi connectivity index (χ0n) is 20.8. The first-order valence-electron chi connectivity index (χ1n) is 11.3. The van der Waals surface area contributed by atoms with Crippen LogP contribution in [0.25, 0.3) is 0 Å². The van der Waals surface area contributed by atoms with Gasteiger partial charge in [-0.15, -0.1) is 0 Å². The second-order valence-corrected chi connectivity index (χ2v) is 7.87. The van der Waals surface area contributed by atoms with Crippen LogP contribution in [0.4, 0.5) is 4.79 Å². The van der Waals surface area contributed by atoms with Crippen molar-refractivity contribution in [1.29, 1.82) is 0 Å². The zero-order valence-corrected chi connectivity index (χ0v) is 20.8. The van der Waals surface area contributed by atoms with Crippen molar-refractivity contribution in [3.05, 3.63) is 71.8 Å². The fourth-order valence-corrected chi connectivity index (χ4v) is 3.42. The average Bonchev–Trinajstić information content (AvgIpc) is 2.93. The van der Waals surface area contributed by atoms with E-state index in [1.165, 1.54) is 0 Å². The van der Waals surface area contributed by atoms with Gasteiger partial charge in [-0.3, -0.25) is 14.4 Å². The van der Waals surface area contributed by atoms with E-state index in [4.69, 9.17) is 14.2 Å². The lowest BCUT2D eigenvalue weighted by Crippen LogP contribution is -2.56. The number of nitrogens with one attached hydrogen (secondary N) is 2. The summed E-state index contributed by atoms with van der Waals surface area (Å²) < 4.78 is 19.3. The molecule has 0 aromatic heterocycles. The average molecular weight is 515 g/mol. The summed E-state index contributed by atoms with van der Waals surface area (Å²) in [5, 5.41) is 4.92. The highest BCUT2D eigenvalue weighted by molar-refractivity contribution is 5.93. The van der Waals surface area contributed by atoms with Gasteiger partial charge in [-0.2, -0.15) is 0 Å². The van der Waals surface area contributed by atoms with Crippen molar-refractivity contribution in [3.63, 3.8) is 0 Å². The largest absolute Gasteiger partial charge is 0.469 e. The van der Waals surface area contributed by atoms with Crippen molar-refractivity contribution >= 4 is 29.9 Å². The Labute approximate surface area is 214 Å². The number of carbonyl (C=O) groups is 5. The Kier molecular flexibility index (Phi) is 11.6. The SMILES string of the molecule is COC(=O)C[C@H](C(=O)OC)[C@@H](NC(=O)[C@H](Cc1ccccc1)NC(=O)OCc1ccccc1)C(=O)OC. The van der Waals surface area contributed by atoms with Crippen LogP contribution < -0.4 is 10.6 Å². The van der Waals surface area contributed by atoms with E-state index in [-0.39, 0.29) is 13.0 Å². The summed E-state index contributed by atoms with van der Waals surface area (Å²) in [5.74, 6) is -4.97. The molecule has 37 heavy (non-hydrogen) atoms. The molecule has 0 fully saturated rings. The highest BCUT2D eigenvalue weighted by Gasteiger charge is 2.40. The summed E-state index contributed by atoms with van der Waals surface area (Å²) in [7, 11) is 3.25. The van der Waals surface area contributed by atoms with Crippen LogP contribution >= 0.6 is 0 Å². The van der Waals surface area contributed by atoms with Crippen molar-refractivity contribution in [3.8, 4) is 0 Å². The van der Waals surface area contributed by atoms with Gasteiger partial charge in [0.25, 0.3) is 0 Å². The molecule has 0 aliphatic carbocycles. The summed E-state index contributed by atoms with van der Waals surface area (Å²) in [5.41, 5.74) is 1.45. The molecule has 0 aliphatic rings. The number of rotatable bonds is 12. The van der Waals surface area contributed by atoms with Crippen LogP contribution in [-0.2, 0) is 51.2 Å². The number of benzene rings is 2. The first-order chi connectivity index (χ1) is 17.8. The van der Waals surface area contributed by atoms with Crippen LogP contribution in [-0.4, -0.2) is 63.3 Å². The lowest BCUT2D eigenvalue weighted by Gasteiger charge is -2.26. The minimum Gasteiger partial charge on any atom is -0.469 e. The maximum absolute atomic E-state index is 13.3. The Morgan fingerprint density at radius 1 is 0.730 bits per heavy atom. The predicted octanol–water partition coefficient (Wildman–Crippen LogP) is 1.53. The lowest BCUT2D eigenvalue weighted by atomic mass is 9.95. The third-order valence-electron chi connectivity index (χ3n) is 5.38. The highest BCUT2D eigenvalue weighted by Crippen LogP contribution is 2.15. The van der Waals surface area contributed by atoms with Gasteiger partial charge in [0.05, 0.1) is 33.7 Å². The molecule has 0 saturated carbocycles. The summed E-state index contributed by atoms with van der Waals surface area (Å²) in [6.45, 7) is -0.0271. The molecule has 11 heteroatoms. The van der Waals surface area contributed by atoms with Gasteiger partial charge in [0.2, 0.25) is 5.91 Å². The van der Waals surface area contributed by atoms with Crippen LogP contribution in [0, 0.1) is 5.92 Å². The van der Waals surface area contributed by atoms with Crippen LogP contribution in [0.3, 0.4) is 0 Å². The van der Waals surface area contributed by atoms with Crippen LogP contribution in [0.15, 0.2) is 60.7 Å². The van der Waals surface area contributed by atoms with Crippen molar-refractivity contribution < 1.29 is 42.9 Å². The number of hydrogen-bond donors (Lipinski definition) is 2. The molecule has 11 nitrogen and oxygen atoms in total. The number of methoxy groups -OCH3 is 3. The number of alkyl carbamates (subject to hydrolysis) is 1. The van der Waals surface area contributed by atoms with Gasteiger partial charge in [-0.1, -0.05) is 60.7 Å². The van der Waals surface area contributed by atoms with Gasteiger partial charge >= 0.3 is 24.0 Å². The number of amides is 2. The molecule has 3 atom stereocenters. The van der Waals surface area contributed by atoms with Crippen molar-refractivity contribution in [2.45, 2.75) is 31.5 Å². The molecule has 0 heterocycles. The van der Waals surface area contributed by atoms with Gasteiger partial charge in [0, 0.05) is 6.42 Å². The van der Waals surface area contributed by atoms with Crippen molar-refractivity contribution in [2.24, 2.45) is 5.92 Å². The van der Waals surface area contributed by atoms with Crippen LogP contribution in [0.2, 0.25) is 0 Å². The molecule has 0 radical (unpaired) electrons. The molecule has 2 amide bonds. The normalized spacial score (nSPS) is 12.7. The Bertz CT molecular complexity index is 1060. The molecule has 0 unspecified atom stereocenters. The van der Waals surface area contributed by atoms with E-state index >= 15 is 0 Å². The second-order valence-electron chi connectivity index (χ2n) is 7.87. The quantitative estimate of drug-likeness (QED) is 0.318. The summed E-state index contributed by atoms with van der Waals surface area (Å²) in [4.78, 5) is 62.6. The number of hydrogen-bond acceptors (Lipinski definition) is 9. The van der Waals surface area contributed by atoms with Gasteiger partial charge in [-0.05, 0) is 11.1 Å². The predicted molar refractivity (Wildman–Crippen MR) is 130 cm³/mol. The molecular weight excluding hydrogens is 484 g/mol. The first-order valence-corrected chi connectivity index (χ1v) is 11.3. The Hall–Kier alpha value is -4.41. The molecule has 198 valence electrons. The Balaban J connectivity index is 2.25. The van der Waals surface area contributed by atoms with E-state index < -0.39 is 54.3 Å². The van der Waals surface area contributed by atoms with Gasteiger partial charge in [0.1, 0.15) is 18.7 Å². The number of ether oxygens (including phenoxy) is 4. The van der Waals surface area contributed by atoms with E-state index in [1.807, 2.05) is 6.07 Å². The molecule has 2 rings (SSSR count). The third-order valence-corrected chi connectivity index (χ3v) is 5.38. The maximum atomic E-state index is 13.3. The Morgan fingerprint density at radius 3 is 1.84 bits per heavy atom. The van der Waals surface area contributed by atoms with Crippen molar-refractivity contribution in [2.75, 3.05) is 21.3 Å². The summed E-state index contributed by atoms with van der Waals surface area (Å²) in [6.07, 6.45) is -1.38. The molecule has 2 N–H and O–H groups in total. The van der Waals surface area contributed by atoms with E-state index in [0.29, 0.717) is 5.56 Å². The van der Waals surface area contributed by atoms with Crippen molar-refractivity contribution in [1.82, 2.24) is 10.6 Å². The van der Waals surface area contributed by atoms with Gasteiger partial charge < -0.3 is 29.6 Å². The molecule has 0 spiro atoms. The van der Waals surface area contributed by atoms with Crippen LogP contribution in [0.1, 0.15) is 17.5 Å². The molecule has 0 aliphatic heterocycles. The Morgan fingerprint density at radius 2 is 1.30 bits per heavy atom. The summed E-state index contributed by atoms with van der Waals surface area (Å²) in [6, 6.07) is 15.0. The lowest BCUT2D eigenvalue weighted by molar-refractivity contribution is -0.159.